The fourth-order valence-electron chi connectivity index (χ4n) is 1.41. The Kier molecular flexibility index (Phi) is 2.32. The second-order valence-corrected chi connectivity index (χ2v) is 3.10. The second-order valence-electron chi connectivity index (χ2n) is 3.10. The molecule has 0 spiro atoms. The second kappa shape index (κ2) is 3.05. The monoisotopic (exact) mass is 123 g/mol. The molecule has 0 aromatic heterocycles. The van der Waals surface area contributed by atoms with E-state index in [1.165, 1.54) is 31.3 Å². The third kappa shape index (κ3) is 2.21. The van der Waals surface area contributed by atoms with Gasteiger partial charge >= 0.3 is 0 Å². The maximum absolute atomic E-state index is 3.97. The summed E-state index contributed by atoms with van der Waals surface area (Å²) >= 11 is 0. The first-order valence-electron chi connectivity index (χ1n) is 3.80. The van der Waals surface area contributed by atoms with Crippen LogP contribution >= 0.6 is 0 Å². The lowest BCUT2D eigenvalue weighted by molar-refractivity contribution is 0.527. The molecule has 0 aromatic rings. The van der Waals surface area contributed by atoms with Crippen LogP contribution in [0.15, 0.2) is 11.6 Å². The first-order valence-corrected chi connectivity index (χ1v) is 3.80. The topological polar surface area (TPSA) is 0 Å². The summed E-state index contributed by atoms with van der Waals surface area (Å²) in [6.07, 6.45) is 7.50. The molecule has 9 heavy (non-hydrogen) atoms. The number of hydrogen-bond donors (Lipinski definition) is 0. The molecule has 1 aliphatic carbocycles. The molecular formula is C9H15. The zero-order valence-corrected chi connectivity index (χ0v) is 6.19. The molecule has 0 nitrogen and oxygen atoms in total. The molecule has 1 aliphatic rings. The molecule has 1 radical (unpaired) electrons. The van der Waals surface area contributed by atoms with E-state index in [0.29, 0.717) is 0 Å². The molecule has 0 bridgehead atoms. The molecule has 1 rings (SSSR count). The molecule has 1 atom stereocenters. The summed E-state index contributed by atoms with van der Waals surface area (Å²) in [6, 6.07) is 0. The molecule has 0 amide bonds. The highest BCUT2D eigenvalue weighted by molar-refractivity contribution is 5.07. The van der Waals surface area contributed by atoms with Crippen LogP contribution in [-0.4, -0.2) is 0 Å². The smallest absolute Gasteiger partial charge is 0.0283 e. The van der Waals surface area contributed by atoms with Gasteiger partial charge in [0.15, 0.2) is 0 Å². The van der Waals surface area contributed by atoms with Crippen molar-refractivity contribution < 1.29 is 0 Å². The summed E-state index contributed by atoms with van der Waals surface area (Å²) in [5.41, 5.74) is 1.35. The van der Waals surface area contributed by atoms with Crippen LogP contribution in [0.4, 0.5) is 0 Å². The van der Waals surface area contributed by atoms with Crippen molar-refractivity contribution in [2.24, 2.45) is 5.92 Å². The summed E-state index contributed by atoms with van der Waals surface area (Å²) < 4.78 is 0. The molecule has 0 saturated heterocycles. The van der Waals surface area contributed by atoms with E-state index in [0.717, 1.165) is 5.92 Å². The van der Waals surface area contributed by atoms with Gasteiger partial charge in [0.1, 0.15) is 0 Å². The van der Waals surface area contributed by atoms with Crippen LogP contribution in [0.25, 0.3) is 0 Å². The van der Waals surface area contributed by atoms with E-state index in [4.69, 9.17) is 0 Å². The van der Waals surface area contributed by atoms with Gasteiger partial charge in [-0.15, -0.1) is 0 Å². The standard InChI is InChI=1S/C9H15/c1-8-5-3-4-6-9(2)7-8/h5,9H,1,3-4,6-7H2,2H3. The lowest BCUT2D eigenvalue weighted by atomic mass is 10.0. The van der Waals surface area contributed by atoms with Crippen molar-refractivity contribution in [3.8, 4) is 0 Å². The van der Waals surface area contributed by atoms with Crippen LogP contribution in [0, 0.1) is 12.8 Å². The fourth-order valence-corrected chi connectivity index (χ4v) is 1.41. The van der Waals surface area contributed by atoms with E-state index < -0.39 is 0 Å². The Morgan fingerprint density at radius 1 is 1.67 bits per heavy atom. The largest absolute Gasteiger partial charge is 0.0853 e. The third-order valence-electron chi connectivity index (χ3n) is 1.94. The van der Waals surface area contributed by atoms with E-state index in [1.807, 2.05) is 0 Å². The molecule has 0 fully saturated rings. The number of hydrogen-bond acceptors (Lipinski definition) is 0. The van der Waals surface area contributed by atoms with Crippen LogP contribution in [0.3, 0.4) is 0 Å². The number of allylic oxidation sites excluding steroid dienone is 2. The highest BCUT2D eigenvalue weighted by Crippen LogP contribution is 2.21. The Labute approximate surface area is 58.0 Å². The van der Waals surface area contributed by atoms with Gasteiger partial charge in [-0.1, -0.05) is 25.0 Å². The first kappa shape index (κ1) is 6.85. The summed E-state index contributed by atoms with van der Waals surface area (Å²) in [4.78, 5) is 0. The van der Waals surface area contributed by atoms with Gasteiger partial charge in [0.05, 0.1) is 0 Å². The molecule has 0 heteroatoms. The molecule has 51 valence electrons. The SMILES string of the molecule is [CH2]C1=CCCCC(C)C1. The van der Waals surface area contributed by atoms with Crippen molar-refractivity contribution >= 4 is 0 Å². The van der Waals surface area contributed by atoms with Crippen LogP contribution in [-0.2, 0) is 0 Å². The highest BCUT2D eigenvalue weighted by atomic mass is 14.1. The van der Waals surface area contributed by atoms with Gasteiger partial charge in [-0.05, 0) is 32.1 Å². The van der Waals surface area contributed by atoms with Crippen molar-refractivity contribution in [1.82, 2.24) is 0 Å². The summed E-state index contributed by atoms with van der Waals surface area (Å²) in [6.45, 7) is 6.28. The lowest BCUT2D eigenvalue weighted by Gasteiger charge is -2.05. The summed E-state index contributed by atoms with van der Waals surface area (Å²) in [7, 11) is 0. The van der Waals surface area contributed by atoms with Gasteiger partial charge in [-0.2, -0.15) is 0 Å². The first-order chi connectivity index (χ1) is 4.29. The maximum Gasteiger partial charge on any atom is -0.0283 e. The summed E-state index contributed by atoms with van der Waals surface area (Å²) in [5, 5.41) is 0. The molecule has 0 aliphatic heterocycles. The summed E-state index contributed by atoms with van der Waals surface area (Å²) in [5.74, 6) is 0.872. The molecule has 0 saturated carbocycles. The van der Waals surface area contributed by atoms with Crippen LogP contribution in [0.5, 0.6) is 0 Å². The van der Waals surface area contributed by atoms with Crippen LogP contribution < -0.4 is 0 Å². The zero-order valence-electron chi connectivity index (χ0n) is 6.19. The molecule has 0 N–H and O–H groups in total. The van der Waals surface area contributed by atoms with Crippen LogP contribution in [0.1, 0.15) is 32.6 Å². The zero-order chi connectivity index (χ0) is 6.69. The Morgan fingerprint density at radius 3 is 3.22 bits per heavy atom. The van der Waals surface area contributed by atoms with E-state index in [2.05, 4.69) is 19.9 Å². The number of rotatable bonds is 0. The Morgan fingerprint density at radius 2 is 2.44 bits per heavy atom. The van der Waals surface area contributed by atoms with Gasteiger partial charge in [-0.25, -0.2) is 0 Å². The van der Waals surface area contributed by atoms with E-state index in [1.54, 1.807) is 0 Å². The molecular weight excluding hydrogens is 108 g/mol. The molecule has 0 aromatic carbocycles. The van der Waals surface area contributed by atoms with Gasteiger partial charge in [0.2, 0.25) is 0 Å². The highest BCUT2D eigenvalue weighted by Gasteiger charge is 2.05. The Bertz CT molecular complexity index is 111. The van der Waals surface area contributed by atoms with Crippen molar-refractivity contribution in [2.75, 3.05) is 0 Å². The average molecular weight is 123 g/mol. The average Bonchev–Trinajstić information content (AvgIpc) is 1.93. The minimum Gasteiger partial charge on any atom is -0.0853 e. The predicted octanol–water partition coefficient (Wildman–Crippen LogP) is 2.96. The quantitative estimate of drug-likeness (QED) is 0.464. The minimum absolute atomic E-state index is 0.872. The van der Waals surface area contributed by atoms with E-state index in [-0.39, 0.29) is 0 Å². The van der Waals surface area contributed by atoms with Gasteiger partial charge < -0.3 is 0 Å². The maximum atomic E-state index is 3.97. The van der Waals surface area contributed by atoms with Gasteiger partial charge in [-0.3, -0.25) is 0 Å². The van der Waals surface area contributed by atoms with E-state index in [9.17, 15) is 0 Å². The predicted molar refractivity (Wildman–Crippen MR) is 41.1 cm³/mol. The Balaban J connectivity index is 2.44. The van der Waals surface area contributed by atoms with Crippen molar-refractivity contribution in [1.29, 1.82) is 0 Å². The fraction of sp³-hybridized carbons (Fsp3) is 0.667. The molecule has 1 unspecified atom stereocenters. The Hall–Kier alpha value is -0.260. The van der Waals surface area contributed by atoms with Gasteiger partial charge in [0.25, 0.3) is 0 Å². The third-order valence-corrected chi connectivity index (χ3v) is 1.94. The van der Waals surface area contributed by atoms with E-state index >= 15 is 0 Å². The molecule has 0 heterocycles. The van der Waals surface area contributed by atoms with Gasteiger partial charge in [0, 0.05) is 0 Å². The van der Waals surface area contributed by atoms with Crippen molar-refractivity contribution in [3.05, 3.63) is 18.6 Å². The normalized spacial score (nSPS) is 29.1. The lowest BCUT2D eigenvalue weighted by Crippen LogP contribution is -1.91. The van der Waals surface area contributed by atoms with Crippen molar-refractivity contribution in [3.63, 3.8) is 0 Å². The van der Waals surface area contributed by atoms with Crippen molar-refractivity contribution in [2.45, 2.75) is 32.6 Å². The minimum atomic E-state index is 0.872. The van der Waals surface area contributed by atoms with Crippen LogP contribution in [0.2, 0.25) is 0 Å².